The number of aryl methyl sites for hydroxylation is 1. The molecule has 1 aromatic rings. The molecule has 114 valence electrons. The molecule has 0 aliphatic heterocycles. The van der Waals surface area contributed by atoms with E-state index in [1.54, 1.807) is 19.9 Å². The van der Waals surface area contributed by atoms with Gasteiger partial charge in [0.1, 0.15) is 5.83 Å². The summed E-state index contributed by atoms with van der Waals surface area (Å²) in [6.07, 6.45) is 4.50. The van der Waals surface area contributed by atoms with Crippen LogP contribution in [0.25, 0.3) is 0 Å². The number of halogens is 1. The third-order valence-corrected chi connectivity index (χ3v) is 2.80. The fourth-order valence-corrected chi connectivity index (χ4v) is 1.73. The first-order valence-electron chi connectivity index (χ1n) is 6.87. The molecule has 0 aliphatic carbocycles. The van der Waals surface area contributed by atoms with E-state index >= 15 is 0 Å². The van der Waals surface area contributed by atoms with Gasteiger partial charge >= 0.3 is 0 Å². The van der Waals surface area contributed by atoms with Gasteiger partial charge in [0.15, 0.2) is 5.69 Å². The van der Waals surface area contributed by atoms with E-state index in [9.17, 15) is 9.18 Å². The third kappa shape index (κ3) is 5.33. The molecule has 0 unspecified atom stereocenters. The molecule has 0 radical (unpaired) electrons. The van der Waals surface area contributed by atoms with Crippen molar-refractivity contribution >= 4 is 11.6 Å². The lowest BCUT2D eigenvalue weighted by molar-refractivity contribution is 0.0995. The largest absolute Gasteiger partial charge is 0.379 e. The van der Waals surface area contributed by atoms with Gasteiger partial charge in [-0.05, 0) is 32.4 Å². The maximum Gasteiger partial charge on any atom is 0.271 e. The molecule has 0 spiro atoms. The number of nitrogens with two attached hydrogens (primary N) is 1. The van der Waals surface area contributed by atoms with Gasteiger partial charge in [-0.1, -0.05) is 25.0 Å². The van der Waals surface area contributed by atoms with Crippen molar-refractivity contribution in [3.05, 3.63) is 41.0 Å². The third-order valence-electron chi connectivity index (χ3n) is 2.80. The molecule has 0 fully saturated rings. The average molecular weight is 292 g/mol. The first-order valence-corrected chi connectivity index (χ1v) is 6.87. The highest BCUT2D eigenvalue weighted by atomic mass is 19.1. The Morgan fingerprint density at radius 2 is 2.19 bits per heavy atom. The maximum atomic E-state index is 13.1. The highest BCUT2D eigenvalue weighted by Gasteiger charge is 2.12. The minimum atomic E-state index is -0.644. The van der Waals surface area contributed by atoms with E-state index in [0.717, 1.165) is 24.1 Å². The van der Waals surface area contributed by atoms with Crippen molar-refractivity contribution in [1.29, 1.82) is 0 Å². The number of hydrogen-bond donors (Lipinski definition) is 2. The number of primary amides is 1. The summed E-state index contributed by atoms with van der Waals surface area (Å²) in [6, 6.07) is 1.76. The van der Waals surface area contributed by atoms with Gasteiger partial charge in [0.2, 0.25) is 0 Å². The van der Waals surface area contributed by atoms with E-state index in [1.807, 2.05) is 6.92 Å². The van der Waals surface area contributed by atoms with Crippen LogP contribution >= 0.6 is 0 Å². The lowest BCUT2D eigenvalue weighted by atomic mass is 10.2. The van der Waals surface area contributed by atoms with Crippen molar-refractivity contribution in [2.45, 2.75) is 33.6 Å². The molecule has 0 atom stereocenters. The van der Waals surface area contributed by atoms with Crippen molar-refractivity contribution in [3.63, 3.8) is 0 Å². The molecule has 0 aromatic carbocycles. The molecule has 21 heavy (non-hydrogen) atoms. The number of aromatic nitrogens is 2. The van der Waals surface area contributed by atoms with Crippen molar-refractivity contribution in [2.75, 3.05) is 11.9 Å². The van der Waals surface area contributed by atoms with Crippen LogP contribution in [0, 0.1) is 0 Å². The smallest absolute Gasteiger partial charge is 0.271 e. The summed E-state index contributed by atoms with van der Waals surface area (Å²) in [5.41, 5.74) is 7.47. The molecule has 1 rings (SSSR count). The van der Waals surface area contributed by atoms with Gasteiger partial charge in [0.05, 0.1) is 11.4 Å². The lowest BCUT2D eigenvalue weighted by Gasteiger charge is -2.10. The summed E-state index contributed by atoms with van der Waals surface area (Å²) in [7, 11) is 0. The number of rotatable bonds is 7. The van der Waals surface area contributed by atoms with Crippen LogP contribution in [0.3, 0.4) is 0 Å². The number of amides is 1. The van der Waals surface area contributed by atoms with E-state index < -0.39 is 5.91 Å². The van der Waals surface area contributed by atoms with Crippen LogP contribution in [0.15, 0.2) is 29.6 Å². The number of anilines is 1. The number of hydrogen-bond acceptors (Lipinski definition) is 4. The average Bonchev–Trinajstić information content (AvgIpc) is 2.45. The Balaban J connectivity index is 2.92. The second-order valence-corrected chi connectivity index (χ2v) is 4.73. The summed E-state index contributed by atoms with van der Waals surface area (Å²) in [6.45, 7) is 5.84. The Morgan fingerprint density at radius 1 is 1.48 bits per heavy atom. The molecule has 0 bridgehead atoms. The first-order chi connectivity index (χ1) is 9.97. The number of nitrogens with zero attached hydrogens (tertiary/aromatic N) is 2. The summed E-state index contributed by atoms with van der Waals surface area (Å²) in [5.74, 6) is -0.946. The van der Waals surface area contributed by atoms with Gasteiger partial charge in [0.25, 0.3) is 5.91 Å². The normalized spacial score (nSPS) is 12.4. The zero-order valence-corrected chi connectivity index (χ0v) is 12.6. The quantitative estimate of drug-likeness (QED) is 0.757. The monoisotopic (exact) mass is 292 g/mol. The Labute approximate surface area is 124 Å². The number of carbonyl (C=O) groups is 1. The number of nitrogens with one attached hydrogen (secondary N) is 1. The Morgan fingerprint density at radius 3 is 2.76 bits per heavy atom. The molecule has 0 aliphatic rings. The van der Waals surface area contributed by atoms with Crippen LogP contribution in [-0.2, 0) is 6.42 Å². The van der Waals surface area contributed by atoms with E-state index in [1.165, 1.54) is 12.2 Å². The molecular weight excluding hydrogens is 271 g/mol. The van der Waals surface area contributed by atoms with Crippen LogP contribution in [0.5, 0.6) is 0 Å². The topological polar surface area (TPSA) is 80.9 Å². The van der Waals surface area contributed by atoms with Crippen LogP contribution in [0.4, 0.5) is 10.1 Å². The highest BCUT2D eigenvalue weighted by molar-refractivity contribution is 5.96. The standard InChI is InChI=1S/C15H21FN4O/c1-4-6-12-8-13(14(15(17)21)20-19-12)18-9-10(3)7-11(16)5-2/h5,7-8H,4,6,9H2,1-3H3,(H2,17,21)(H,18,19). The van der Waals surface area contributed by atoms with Crippen LogP contribution in [0.2, 0.25) is 0 Å². The van der Waals surface area contributed by atoms with Gasteiger partial charge in [-0.25, -0.2) is 4.39 Å². The molecular formula is C15H21FN4O. The van der Waals surface area contributed by atoms with E-state index in [4.69, 9.17) is 5.73 Å². The second kappa shape index (κ2) is 8.14. The van der Waals surface area contributed by atoms with Gasteiger partial charge in [-0.3, -0.25) is 4.79 Å². The fourth-order valence-electron chi connectivity index (χ4n) is 1.73. The van der Waals surface area contributed by atoms with E-state index in [0.29, 0.717) is 12.2 Å². The number of allylic oxidation sites excluding steroid dienone is 3. The van der Waals surface area contributed by atoms with E-state index in [2.05, 4.69) is 15.5 Å². The first kappa shape index (κ1) is 16.8. The molecule has 0 saturated carbocycles. The van der Waals surface area contributed by atoms with Gasteiger partial charge in [0, 0.05) is 6.54 Å². The highest BCUT2D eigenvalue weighted by Crippen LogP contribution is 2.15. The molecule has 0 saturated heterocycles. The predicted molar refractivity (Wildman–Crippen MR) is 81.7 cm³/mol. The van der Waals surface area contributed by atoms with Crippen molar-refractivity contribution < 1.29 is 9.18 Å². The summed E-state index contributed by atoms with van der Waals surface area (Å²) >= 11 is 0. The zero-order valence-electron chi connectivity index (χ0n) is 12.6. The fraction of sp³-hybridized carbons (Fsp3) is 0.400. The lowest BCUT2D eigenvalue weighted by Crippen LogP contribution is -2.18. The minimum Gasteiger partial charge on any atom is -0.379 e. The molecule has 1 heterocycles. The molecule has 3 N–H and O–H groups in total. The molecule has 1 amide bonds. The number of carbonyl (C=O) groups excluding carboxylic acids is 1. The SMILES string of the molecule is CC=C(F)C=C(C)CNc1cc(CCC)nnc1C(N)=O. The van der Waals surface area contributed by atoms with Gasteiger partial charge < -0.3 is 11.1 Å². The van der Waals surface area contributed by atoms with Crippen molar-refractivity contribution in [1.82, 2.24) is 10.2 Å². The second-order valence-electron chi connectivity index (χ2n) is 4.73. The Bertz CT molecular complexity index is 567. The zero-order chi connectivity index (χ0) is 15.8. The predicted octanol–water partition coefficient (Wildman–Crippen LogP) is 2.76. The van der Waals surface area contributed by atoms with E-state index in [-0.39, 0.29) is 11.5 Å². The van der Waals surface area contributed by atoms with Crippen LogP contribution in [-0.4, -0.2) is 22.6 Å². The van der Waals surface area contributed by atoms with Crippen LogP contribution in [0.1, 0.15) is 43.4 Å². The molecule has 5 nitrogen and oxygen atoms in total. The summed E-state index contributed by atoms with van der Waals surface area (Å²) < 4.78 is 13.1. The van der Waals surface area contributed by atoms with Gasteiger partial charge in [-0.2, -0.15) is 5.10 Å². The van der Waals surface area contributed by atoms with Crippen molar-refractivity contribution in [3.8, 4) is 0 Å². The Kier molecular flexibility index (Phi) is 6.52. The maximum absolute atomic E-state index is 13.1. The van der Waals surface area contributed by atoms with Crippen molar-refractivity contribution in [2.24, 2.45) is 5.73 Å². The summed E-state index contributed by atoms with van der Waals surface area (Å²) in [5, 5.41) is 10.9. The van der Waals surface area contributed by atoms with Gasteiger partial charge in [-0.15, -0.1) is 5.10 Å². The van der Waals surface area contributed by atoms with Crippen LogP contribution < -0.4 is 11.1 Å². The molecule has 1 aromatic heterocycles. The Hall–Kier alpha value is -2.24. The molecule has 6 heteroatoms. The summed E-state index contributed by atoms with van der Waals surface area (Å²) in [4.78, 5) is 11.4. The minimum absolute atomic E-state index is 0.0918.